The van der Waals surface area contributed by atoms with E-state index in [4.69, 9.17) is 21.1 Å². The molecule has 138 valence electrons. The van der Waals surface area contributed by atoms with Crippen molar-refractivity contribution in [2.24, 2.45) is 0 Å². The van der Waals surface area contributed by atoms with E-state index < -0.39 is 0 Å². The largest absolute Gasteiger partial charge is 0.454 e. The highest BCUT2D eigenvalue weighted by Gasteiger charge is 2.20. The third-order valence-electron chi connectivity index (χ3n) is 4.50. The van der Waals surface area contributed by atoms with Gasteiger partial charge in [0.2, 0.25) is 12.7 Å². The van der Waals surface area contributed by atoms with E-state index >= 15 is 0 Å². The average molecular weight is 394 g/mol. The van der Waals surface area contributed by atoms with Crippen molar-refractivity contribution < 1.29 is 14.3 Å². The van der Waals surface area contributed by atoms with Gasteiger partial charge in [0, 0.05) is 49.4 Å². The number of halogens is 1. The molecule has 0 saturated carbocycles. The number of carbonyl (C=O) groups excluding carboxylic acids is 1. The van der Waals surface area contributed by atoms with Crippen LogP contribution in [-0.2, 0) is 11.3 Å². The number of rotatable bonds is 5. The highest BCUT2D eigenvalue weighted by molar-refractivity contribution is 7.16. The Morgan fingerprint density at radius 3 is 2.62 bits per heavy atom. The predicted molar refractivity (Wildman–Crippen MR) is 102 cm³/mol. The van der Waals surface area contributed by atoms with Gasteiger partial charge in [-0.05, 0) is 24.3 Å². The molecule has 3 heterocycles. The van der Waals surface area contributed by atoms with Gasteiger partial charge >= 0.3 is 0 Å². The predicted octanol–water partition coefficient (Wildman–Crippen LogP) is 2.89. The Bertz CT molecular complexity index is 790. The molecular formula is C18H20ClN3O3S. The van der Waals surface area contributed by atoms with Crippen molar-refractivity contribution in [3.05, 3.63) is 39.5 Å². The zero-order valence-electron chi connectivity index (χ0n) is 14.2. The van der Waals surface area contributed by atoms with Gasteiger partial charge < -0.3 is 14.8 Å². The zero-order chi connectivity index (χ0) is 17.9. The number of carbonyl (C=O) groups is 1. The van der Waals surface area contributed by atoms with Gasteiger partial charge in [0.25, 0.3) is 0 Å². The monoisotopic (exact) mass is 393 g/mol. The first-order chi connectivity index (χ1) is 12.7. The van der Waals surface area contributed by atoms with Gasteiger partial charge in [0.15, 0.2) is 11.5 Å². The summed E-state index contributed by atoms with van der Waals surface area (Å²) in [6.45, 7) is 5.22. The quantitative estimate of drug-likeness (QED) is 0.846. The van der Waals surface area contributed by atoms with E-state index in [1.54, 1.807) is 17.4 Å². The van der Waals surface area contributed by atoms with Crippen LogP contribution in [0.3, 0.4) is 0 Å². The number of hydrogen-bond donors (Lipinski definition) is 1. The summed E-state index contributed by atoms with van der Waals surface area (Å²) in [5.41, 5.74) is 0.729. The summed E-state index contributed by atoms with van der Waals surface area (Å²) in [6, 6.07) is 9.46. The number of benzene rings is 1. The van der Waals surface area contributed by atoms with Gasteiger partial charge in [-0.3, -0.25) is 14.6 Å². The van der Waals surface area contributed by atoms with E-state index in [-0.39, 0.29) is 12.7 Å². The highest BCUT2D eigenvalue weighted by Crippen LogP contribution is 2.34. The Morgan fingerprint density at radius 2 is 1.85 bits per heavy atom. The Balaban J connectivity index is 1.23. The molecule has 0 aliphatic carbocycles. The minimum Gasteiger partial charge on any atom is -0.454 e. The summed E-state index contributed by atoms with van der Waals surface area (Å²) < 4.78 is 11.4. The molecule has 4 rings (SSSR count). The summed E-state index contributed by atoms with van der Waals surface area (Å²) >= 11 is 7.62. The summed E-state index contributed by atoms with van der Waals surface area (Å²) in [4.78, 5) is 18.2. The summed E-state index contributed by atoms with van der Waals surface area (Å²) in [5.74, 6) is 1.37. The minimum atomic E-state index is -0.0117. The van der Waals surface area contributed by atoms with Crippen LogP contribution < -0.4 is 14.8 Å². The number of thiophene rings is 1. The lowest BCUT2D eigenvalue weighted by Crippen LogP contribution is -2.48. The molecule has 0 atom stereocenters. The van der Waals surface area contributed by atoms with Crippen molar-refractivity contribution in [1.82, 2.24) is 9.80 Å². The number of nitrogens with zero attached hydrogens (tertiary/aromatic N) is 2. The van der Waals surface area contributed by atoms with Gasteiger partial charge in [-0.2, -0.15) is 0 Å². The molecule has 1 amide bonds. The van der Waals surface area contributed by atoms with Crippen LogP contribution >= 0.6 is 22.9 Å². The Hall–Kier alpha value is -1.80. The van der Waals surface area contributed by atoms with Gasteiger partial charge in [0.1, 0.15) is 0 Å². The number of hydrogen-bond acceptors (Lipinski definition) is 6. The van der Waals surface area contributed by atoms with Crippen molar-refractivity contribution in [3.63, 3.8) is 0 Å². The molecule has 2 aliphatic heterocycles. The standard InChI is InChI=1S/C18H20ClN3O3S/c19-17-4-2-14(26-17)10-21-5-7-22(8-6-21)11-18(23)20-13-1-3-15-16(9-13)25-12-24-15/h1-4,9H,5-8,10-12H2,(H,20,23). The lowest BCUT2D eigenvalue weighted by molar-refractivity contribution is -0.117. The molecule has 0 unspecified atom stereocenters. The number of fused-ring (bicyclic) bond motifs is 1. The van der Waals surface area contributed by atoms with Gasteiger partial charge in [-0.25, -0.2) is 0 Å². The molecule has 1 fully saturated rings. The zero-order valence-corrected chi connectivity index (χ0v) is 15.8. The van der Waals surface area contributed by atoms with Crippen molar-refractivity contribution in [2.75, 3.05) is 44.8 Å². The van der Waals surface area contributed by atoms with Crippen LogP contribution in [0, 0.1) is 0 Å². The molecule has 6 nitrogen and oxygen atoms in total. The molecule has 1 saturated heterocycles. The third-order valence-corrected chi connectivity index (χ3v) is 5.71. The van der Waals surface area contributed by atoms with E-state index in [2.05, 4.69) is 21.2 Å². The lowest BCUT2D eigenvalue weighted by Gasteiger charge is -2.34. The SMILES string of the molecule is O=C(CN1CCN(Cc2ccc(Cl)s2)CC1)Nc1ccc2c(c1)OCO2. The smallest absolute Gasteiger partial charge is 0.238 e. The molecule has 0 radical (unpaired) electrons. The second kappa shape index (κ2) is 7.84. The van der Waals surface area contributed by atoms with E-state index in [9.17, 15) is 4.79 Å². The third kappa shape index (κ3) is 4.29. The van der Waals surface area contributed by atoms with Crippen molar-refractivity contribution in [2.45, 2.75) is 6.54 Å². The van der Waals surface area contributed by atoms with Gasteiger partial charge in [-0.15, -0.1) is 11.3 Å². The second-order valence-electron chi connectivity index (χ2n) is 6.37. The minimum absolute atomic E-state index is 0.0117. The molecule has 26 heavy (non-hydrogen) atoms. The molecule has 1 aromatic heterocycles. The first-order valence-corrected chi connectivity index (χ1v) is 9.73. The second-order valence-corrected chi connectivity index (χ2v) is 8.17. The van der Waals surface area contributed by atoms with E-state index in [1.807, 2.05) is 18.2 Å². The fraction of sp³-hybridized carbons (Fsp3) is 0.389. The van der Waals surface area contributed by atoms with Crippen LogP contribution in [0.5, 0.6) is 11.5 Å². The first kappa shape index (κ1) is 17.6. The Morgan fingerprint density at radius 1 is 1.08 bits per heavy atom. The summed E-state index contributed by atoms with van der Waals surface area (Å²) in [5, 5.41) is 2.93. The topological polar surface area (TPSA) is 54.0 Å². The molecule has 2 aromatic rings. The fourth-order valence-electron chi connectivity index (χ4n) is 3.14. The average Bonchev–Trinajstić information content (AvgIpc) is 3.25. The fourth-order valence-corrected chi connectivity index (χ4v) is 4.27. The molecule has 0 bridgehead atoms. The summed E-state index contributed by atoms with van der Waals surface area (Å²) in [6.07, 6.45) is 0. The van der Waals surface area contributed by atoms with Crippen LogP contribution in [0.1, 0.15) is 4.88 Å². The Labute approximate surface area is 161 Å². The van der Waals surface area contributed by atoms with Gasteiger partial charge in [0.05, 0.1) is 10.9 Å². The van der Waals surface area contributed by atoms with Crippen molar-refractivity contribution in [3.8, 4) is 11.5 Å². The van der Waals surface area contributed by atoms with Crippen molar-refractivity contribution >= 4 is 34.5 Å². The molecule has 1 N–H and O–H groups in total. The number of piperazine rings is 1. The maximum Gasteiger partial charge on any atom is 0.238 e. The van der Waals surface area contributed by atoms with Crippen LogP contribution in [0.25, 0.3) is 0 Å². The maximum atomic E-state index is 12.3. The molecule has 1 aromatic carbocycles. The molecule has 0 spiro atoms. The van der Waals surface area contributed by atoms with Crippen LogP contribution in [-0.4, -0.2) is 55.2 Å². The highest BCUT2D eigenvalue weighted by atomic mass is 35.5. The van der Waals surface area contributed by atoms with Crippen LogP contribution in [0.15, 0.2) is 30.3 Å². The van der Waals surface area contributed by atoms with E-state index in [0.717, 1.165) is 42.7 Å². The van der Waals surface area contributed by atoms with Crippen LogP contribution in [0.2, 0.25) is 4.34 Å². The number of nitrogens with one attached hydrogen (secondary N) is 1. The molecule has 8 heteroatoms. The van der Waals surface area contributed by atoms with E-state index in [0.29, 0.717) is 18.0 Å². The first-order valence-electron chi connectivity index (χ1n) is 8.54. The number of ether oxygens (including phenoxy) is 2. The number of anilines is 1. The van der Waals surface area contributed by atoms with Crippen molar-refractivity contribution in [1.29, 1.82) is 0 Å². The van der Waals surface area contributed by atoms with E-state index in [1.165, 1.54) is 4.88 Å². The molecular weight excluding hydrogens is 374 g/mol. The van der Waals surface area contributed by atoms with Gasteiger partial charge in [-0.1, -0.05) is 11.6 Å². The molecule has 2 aliphatic rings. The van der Waals surface area contributed by atoms with Crippen LogP contribution in [0.4, 0.5) is 5.69 Å². The summed E-state index contributed by atoms with van der Waals surface area (Å²) in [7, 11) is 0. The number of amides is 1. The maximum absolute atomic E-state index is 12.3. The Kier molecular flexibility index (Phi) is 5.31. The normalized spacial score (nSPS) is 17.4. The lowest BCUT2D eigenvalue weighted by atomic mass is 10.2.